The average Bonchev–Trinajstić information content (AvgIpc) is 2.73. The van der Waals surface area contributed by atoms with Crippen molar-refractivity contribution in [3.05, 3.63) is 83.9 Å². The largest absolute Gasteiger partial charge is 0.497 e. The lowest BCUT2D eigenvalue weighted by Gasteiger charge is -2.15. The predicted octanol–water partition coefficient (Wildman–Crippen LogP) is 4.94. The van der Waals surface area contributed by atoms with Crippen molar-refractivity contribution >= 4 is 5.69 Å². The monoisotopic (exact) mass is 363 g/mol. The zero-order valence-corrected chi connectivity index (χ0v) is 15.8. The first-order valence-electron chi connectivity index (χ1n) is 9.00. The van der Waals surface area contributed by atoms with Gasteiger partial charge in [0.05, 0.1) is 26.5 Å². The molecule has 27 heavy (non-hydrogen) atoms. The third-order valence-electron chi connectivity index (χ3n) is 4.34. The number of anilines is 1. The summed E-state index contributed by atoms with van der Waals surface area (Å²) in [6.45, 7) is 1.27. The molecule has 3 aromatic rings. The van der Waals surface area contributed by atoms with Crippen molar-refractivity contribution in [3.8, 4) is 17.2 Å². The van der Waals surface area contributed by atoms with Gasteiger partial charge in [0.1, 0.15) is 17.2 Å². The maximum Gasteiger partial charge on any atom is 0.142 e. The molecule has 0 radical (unpaired) electrons. The number of nitrogens with one attached hydrogen (secondary N) is 1. The molecule has 0 amide bonds. The van der Waals surface area contributed by atoms with E-state index in [0.717, 1.165) is 34.9 Å². The quantitative estimate of drug-likeness (QED) is 0.585. The Labute approximate surface area is 160 Å². The lowest BCUT2D eigenvalue weighted by molar-refractivity contribution is 0.319. The van der Waals surface area contributed by atoms with Gasteiger partial charge in [-0.3, -0.25) is 0 Å². The normalized spacial score (nSPS) is 10.3. The fourth-order valence-electron chi connectivity index (χ4n) is 2.86. The second-order valence-corrected chi connectivity index (χ2v) is 6.11. The molecule has 0 fully saturated rings. The minimum atomic E-state index is 0.630. The van der Waals surface area contributed by atoms with Gasteiger partial charge in [-0.15, -0.1) is 0 Å². The first-order chi connectivity index (χ1) is 13.3. The Balaban J connectivity index is 1.64. The lowest BCUT2D eigenvalue weighted by atomic mass is 10.1. The Kier molecular flexibility index (Phi) is 6.58. The van der Waals surface area contributed by atoms with Gasteiger partial charge in [-0.2, -0.15) is 0 Å². The van der Waals surface area contributed by atoms with Crippen molar-refractivity contribution in [2.45, 2.75) is 13.0 Å². The van der Waals surface area contributed by atoms with Gasteiger partial charge in [0, 0.05) is 24.6 Å². The summed E-state index contributed by atoms with van der Waals surface area (Å²) in [7, 11) is 3.31. The molecule has 0 unspecified atom stereocenters. The van der Waals surface area contributed by atoms with Crippen molar-refractivity contribution in [2.75, 3.05) is 26.1 Å². The second-order valence-electron chi connectivity index (χ2n) is 6.11. The summed E-state index contributed by atoms with van der Waals surface area (Å²) in [4.78, 5) is 0. The van der Waals surface area contributed by atoms with E-state index in [1.54, 1.807) is 14.2 Å². The Bertz CT molecular complexity index is 849. The van der Waals surface area contributed by atoms with Crippen LogP contribution < -0.4 is 19.5 Å². The van der Waals surface area contributed by atoms with Gasteiger partial charge in [-0.25, -0.2) is 0 Å². The van der Waals surface area contributed by atoms with Crippen molar-refractivity contribution in [1.82, 2.24) is 0 Å². The summed E-state index contributed by atoms with van der Waals surface area (Å²) < 4.78 is 16.8. The predicted molar refractivity (Wildman–Crippen MR) is 109 cm³/mol. The van der Waals surface area contributed by atoms with E-state index in [4.69, 9.17) is 14.2 Å². The Hall–Kier alpha value is -3.14. The fourth-order valence-corrected chi connectivity index (χ4v) is 2.86. The highest BCUT2D eigenvalue weighted by molar-refractivity contribution is 5.60. The second kappa shape index (κ2) is 9.53. The van der Waals surface area contributed by atoms with Gasteiger partial charge in [-0.05, 0) is 23.8 Å². The molecule has 0 bridgehead atoms. The molecule has 0 atom stereocenters. The highest BCUT2D eigenvalue weighted by Crippen LogP contribution is 2.30. The zero-order valence-electron chi connectivity index (χ0n) is 15.8. The summed E-state index contributed by atoms with van der Waals surface area (Å²) in [5.74, 6) is 2.45. The number of para-hydroxylation sites is 1. The third-order valence-corrected chi connectivity index (χ3v) is 4.34. The first kappa shape index (κ1) is 18.6. The van der Waals surface area contributed by atoms with Crippen LogP contribution in [0.5, 0.6) is 17.2 Å². The van der Waals surface area contributed by atoms with E-state index in [-0.39, 0.29) is 0 Å². The van der Waals surface area contributed by atoms with Gasteiger partial charge in [0.15, 0.2) is 0 Å². The fraction of sp³-hybridized carbons (Fsp3) is 0.217. The van der Waals surface area contributed by atoms with Crippen molar-refractivity contribution < 1.29 is 14.2 Å². The van der Waals surface area contributed by atoms with Crippen LogP contribution in [0.15, 0.2) is 72.8 Å². The average molecular weight is 363 g/mol. The van der Waals surface area contributed by atoms with Crippen LogP contribution in [-0.4, -0.2) is 20.8 Å². The van der Waals surface area contributed by atoms with Crippen molar-refractivity contribution in [2.24, 2.45) is 0 Å². The smallest absolute Gasteiger partial charge is 0.142 e. The molecule has 0 saturated heterocycles. The number of ether oxygens (including phenoxy) is 3. The topological polar surface area (TPSA) is 39.7 Å². The zero-order chi connectivity index (χ0) is 18.9. The van der Waals surface area contributed by atoms with E-state index in [0.29, 0.717) is 13.2 Å². The van der Waals surface area contributed by atoms with Gasteiger partial charge >= 0.3 is 0 Å². The molecule has 4 heteroatoms. The summed E-state index contributed by atoms with van der Waals surface area (Å²) >= 11 is 0. The van der Waals surface area contributed by atoms with Gasteiger partial charge in [0.25, 0.3) is 0 Å². The minimum absolute atomic E-state index is 0.630. The van der Waals surface area contributed by atoms with Crippen LogP contribution in [0.4, 0.5) is 5.69 Å². The van der Waals surface area contributed by atoms with Crippen LogP contribution in [0.2, 0.25) is 0 Å². The van der Waals surface area contributed by atoms with E-state index in [9.17, 15) is 0 Å². The number of hydrogen-bond donors (Lipinski definition) is 1. The van der Waals surface area contributed by atoms with Crippen molar-refractivity contribution in [3.63, 3.8) is 0 Å². The molecule has 0 aromatic heterocycles. The highest BCUT2D eigenvalue weighted by atomic mass is 16.5. The molecule has 0 aliphatic carbocycles. The standard InChI is InChI=1S/C23H25NO3/c1-25-20-12-13-23(26-2)21(16-20)24-17-19-10-6-7-11-22(19)27-15-14-18-8-4-3-5-9-18/h3-13,16,24H,14-15,17H2,1-2H3. The van der Waals surface area contributed by atoms with Crippen LogP contribution in [0.3, 0.4) is 0 Å². The Morgan fingerprint density at radius 3 is 2.33 bits per heavy atom. The highest BCUT2D eigenvalue weighted by Gasteiger charge is 2.07. The van der Waals surface area contributed by atoms with Gasteiger partial charge in [0.2, 0.25) is 0 Å². The van der Waals surface area contributed by atoms with Crippen LogP contribution >= 0.6 is 0 Å². The molecular weight excluding hydrogens is 338 g/mol. The molecule has 1 N–H and O–H groups in total. The van der Waals surface area contributed by atoms with Crippen LogP contribution in [-0.2, 0) is 13.0 Å². The molecule has 0 aliphatic rings. The maximum absolute atomic E-state index is 6.04. The number of benzene rings is 3. The molecular formula is C23H25NO3. The first-order valence-corrected chi connectivity index (χ1v) is 9.00. The van der Waals surface area contributed by atoms with Gasteiger partial charge in [-0.1, -0.05) is 48.5 Å². The molecule has 0 saturated carbocycles. The molecule has 0 spiro atoms. The molecule has 3 rings (SSSR count). The summed E-state index contributed by atoms with van der Waals surface area (Å²) in [6, 6.07) is 24.1. The van der Waals surface area contributed by atoms with E-state index < -0.39 is 0 Å². The van der Waals surface area contributed by atoms with Crippen LogP contribution in [0.1, 0.15) is 11.1 Å². The molecule has 0 heterocycles. The molecule has 3 aromatic carbocycles. The lowest BCUT2D eigenvalue weighted by Crippen LogP contribution is -2.06. The third kappa shape index (κ3) is 5.17. The molecule has 140 valence electrons. The minimum Gasteiger partial charge on any atom is -0.497 e. The van der Waals surface area contributed by atoms with Gasteiger partial charge < -0.3 is 19.5 Å². The maximum atomic E-state index is 6.04. The van der Waals surface area contributed by atoms with Crippen LogP contribution in [0, 0.1) is 0 Å². The summed E-state index contributed by atoms with van der Waals surface area (Å²) in [5, 5.41) is 3.42. The van der Waals surface area contributed by atoms with E-state index in [1.807, 2.05) is 42.5 Å². The SMILES string of the molecule is COc1ccc(OC)c(NCc2ccccc2OCCc2ccccc2)c1. The Morgan fingerprint density at radius 1 is 0.778 bits per heavy atom. The summed E-state index contributed by atoms with van der Waals surface area (Å²) in [5.41, 5.74) is 3.25. The van der Waals surface area contributed by atoms with E-state index >= 15 is 0 Å². The van der Waals surface area contributed by atoms with E-state index in [1.165, 1.54) is 5.56 Å². The number of hydrogen-bond acceptors (Lipinski definition) is 4. The number of methoxy groups -OCH3 is 2. The van der Waals surface area contributed by atoms with Crippen LogP contribution in [0.25, 0.3) is 0 Å². The summed E-state index contributed by atoms with van der Waals surface area (Å²) in [6.07, 6.45) is 0.881. The Morgan fingerprint density at radius 2 is 1.56 bits per heavy atom. The molecule has 0 aliphatic heterocycles. The van der Waals surface area contributed by atoms with Crippen molar-refractivity contribution in [1.29, 1.82) is 0 Å². The van der Waals surface area contributed by atoms with E-state index in [2.05, 4.69) is 35.6 Å². The molecule has 4 nitrogen and oxygen atoms in total. The number of rotatable bonds is 9.